The van der Waals surface area contributed by atoms with Crippen molar-refractivity contribution in [3.05, 3.63) is 47.2 Å². The second-order valence-corrected chi connectivity index (χ2v) is 9.17. The van der Waals surface area contributed by atoms with Gasteiger partial charge in [-0.25, -0.2) is 8.78 Å². The van der Waals surface area contributed by atoms with Gasteiger partial charge in [0.25, 0.3) is 5.91 Å². The summed E-state index contributed by atoms with van der Waals surface area (Å²) in [5.41, 5.74) is 1.50. The molecule has 6 nitrogen and oxygen atoms in total. The average molecular weight is 440 g/mol. The predicted octanol–water partition coefficient (Wildman–Crippen LogP) is 4.50. The van der Waals surface area contributed by atoms with Crippen molar-refractivity contribution >= 4 is 18.3 Å². The van der Waals surface area contributed by atoms with Crippen molar-refractivity contribution in [1.29, 1.82) is 0 Å². The molecular formula is C24H27F2N5O. The summed E-state index contributed by atoms with van der Waals surface area (Å²) in [7, 11) is 0. The Morgan fingerprint density at radius 1 is 1.28 bits per heavy atom. The van der Waals surface area contributed by atoms with Crippen LogP contribution in [0.2, 0.25) is 0 Å². The molecule has 1 fully saturated rings. The van der Waals surface area contributed by atoms with Gasteiger partial charge in [0.2, 0.25) is 0 Å². The molecular weight excluding hydrogens is 412 g/mol. The standard InChI is InChI=1S/C24H27F2N5O/c1-6-31(22(32)14(2)28-27-5)13-24-11-10-16(23(24,3)4)15-12-19(29-30-21(15)24)20-17(25)8-7-9-18(20)26/h7-9,12,16H,5-6,10-11,13H2,1-4H3/b28-14+/t16-,24?/m0/s1. The lowest BCUT2D eigenvalue weighted by atomic mass is 9.68. The summed E-state index contributed by atoms with van der Waals surface area (Å²) >= 11 is 0. The molecule has 2 aliphatic carbocycles. The SMILES string of the molecule is C=N/N=C(\C)C(=O)N(CC)CC12CC[C@@H](c3cc(-c4c(F)cccc4F)nnc31)C2(C)C. The number of halogens is 2. The Bertz CT molecular complexity index is 1110. The molecule has 1 heterocycles. The maximum atomic E-state index is 14.4. The summed E-state index contributed by atoms with van der Waals surface area (Å²) in [4.78, 5) is 14.7. The van der Waals surface area contributed by atoms with E-state index >= 15 is 0 Å². The number of hydrogen-bond acceptors (Lipinski definition) is 5. The first-order valence-electron chi connectivity index (χ1n) is 10.8. The Labute approximate surface area is 186 Å². The number of nitrogens with zero attached hydrogens (tertiary/aromatic N) is 5. The van der Waals surface area contributed by atoms with Gasteiger partial charge in [0.15, 0.2) is 0 Å². The van der Waals surface area contributed by atoms with Crippen molar-refractivity contribution in [3.8, 4) is 11.3 Å². The fourth-order valence-corrected chi connectivity index (χ4v) is 5.67. The van der Waals surface area contributed by atoms with Crippen LogP contribution in [0.5, 0.6) is 0 Å². The lowest BCUT2D eigenvalue weighted by Crippen LogP contribution is -2.49. The van der Waals surface area contributed by atoms with Gasteiger partial charge in [-0.15, -0.1) is 0 Å². The molecule has 2 atom stereocenters. The maximum absolute atomic E-state index is 14.4. The first-order chi connectivity index (χ1) is 15.2. The molecule has 4 rings (SSSR count). The van der Waals surface area contributed by atoms with Gasteiger partial charge in [0, 0.05) is 25.2 Å². The van der Waals surface area contributed by atoms with E-state index in [2.05, 4.69) is 41.0 Å². The molecule has 1 aromatic heterocycles. The molecule has 1 saturated carbocycles. The monoisotopic (exact) mass is 439 g/mol. The van der Waals surface area contributed by atoms with Crippen molar-refractivity contribution in [2.24, 2.45) is 15.6 Å². The fraction of sp³-hybridized carbons (Fsp3) is 0.458. The third-order valence-corrected chi connectivity index (χ3v) is 7.50. The molecule has 0 spiro atoms. The molecule has 2 aromatic rings. The molecule has 0 N–H and O–H groups in total. The van der Waals surface area contributed by atoms with E-state index in [1.165, 1.54) is 18.2 Å². The topological polar surface area (TPSA) is 70.8 Å². The molecule has 2 bridgehead atoms. The van der Waals surface area contributed by atoms with Crippen LogP contribution in [0.1, 0.15) is 57.7 Å². The van der Waals surface area contributed by atoms with Crippen LogP contribution in [0, 0.1) is 17.0 Å². The Kier molecular flexibility index (Phi) is 5.43. The van der Waals surface area contributed by atoms with Crippen LogP contribution >= 0.6 is 0 Å². The smallest absolute Gasteiger partial charge is 0.269 e. The molecule has 32 heavy (non-hydrogen) atoms. The van der Waals surface area contributed by atoms with E-state index in [0.29, 0.717) is 13.1 Å². The van der Waals surface area contributed by atoms with E-state index in [0.717, 1.165) is 24.1 Å². The van der Waals surface area contributed by atoms with Crippen molar-refractivity contribution in [3.63, 3.8) is 0 Å². The second kappa shape index (κ2) is 7.83. The lowest BCUT2D eigenvalue weighted by molar-refractivity contribution is -0.125. The minimum absolute atomic E-state index is 0.161. The molecule has 2 aliphatic rings. The Balaban J connectivity index is 1.78. The molecule has 168 valence electrons. The number of carbonyl (C=O) groups is 1. The van der Waals surface area contributed by atoms with Gasteiger partial charge in [-0.2, -0.15) is 20.4 Å². The van der Waals surface area contributed by atoms with Gasteiger partial charge in [0.05, 0.1) is 17.0 Å². The second-order valence-electron chi connectivity index (χ2n) is 9.17. The summed E-state index contributed by atoms with van der Waals surface area (Å²) in [5.74, 6) is -1.35. The fourth-order valence-electron chi connectivity index (χ4n) is 5.67. The number of fused-ring (bicyclic) bond motifs is 5. The molecule has 0 aliphatic heterocycles. The van der Waals surface area contributed by atoms with Crippen LogP contribution in [0.4, 0.5) is 8.78 Å². The third-order valence-electron chi connectivity index (χ3n) is 7.50. The van der Waals surface area contributed by atoms with Gasteiger partial charge >= 0.3 is 0 Å². The van der Waals surface area contributed by atoms with Crippen molar-refractivity contribution in [2.75, 3.05) is 13.1 Å². The summed E-state index contributed by atoms with van der Waals surface area (Å²) in [6.45, 7) is 12.2. The number of aromatic nitrogens is 2. The summed E-state index contributed by atoms with van der Waals surface area (Å²) < 4.78 is 28.7. The lowest BCUT2D eigenvalue weighted by Gasteiger charge is -2.41. The van der Waals surface area contributed by atoms with Crippen LogP contribution in [0.3, 0.4) is 0 Å². The third kappa shape index (κ3) is 3.07. The number of carbonyl (C=O) groups excluding carboxylic acids is 1. The van der Waals surface area contributed by atoms with Gasteiger partial charge in [-0.05, 0) is 61.8 Å². The quantitative estimate of drug-likeness (QED) is 0.491. The molecule has 1 unspecified atom stereocenters. The van der Waals surface area contributed by atoms with Gasteiger partial charge in [-0.3, -0.25) is 4.79 Å². The zero-order valence-corrected chi connectivity index (χ0v) is 18.8. The molecule has 8 heteroatoms. The normalized spacial score (nSPS) is 23.2. The molecule has 0 radical (unpaired) electrons. The summed E-state index contributed by atoms with van der Waals surface area (Å²) in [5, 5.41) is 16.0. The zero-order valence-electron chi connectivity index (χ0n) is 18.8. The Morgan fingerprint density at radius 3 is 2.59 bits per heavy atom. The van der Waals surface area contributed by atoms with Crippen molar-refractivity contribution in [1.82, 2.24) is 15.1 Å². The van der Waals surface area contributed by atoms with Gasteiger partial charge in [-0.1, -0.05) is 19.9 Å². The van der Waals surface area contributed by atoms with E-state index in [1.54, 1.807) is 17.9 Å². The molecule has 0 saturated heterocycles. The Morgan fingerprint density at radius 2 is 1.97 bits per heavy atom. The number of amides is 1. The minimum Gasteiger partial charge on any atom is -0.337 e. The first kappa shape index (κ1) is 22.2. The zero-order chi connectivity index (χ0) is 23.3. The number of likely N-dealkylation sites (N-methyl/N-ethyl adjacent to an activating group) is 1. The number of hydrogen-bond donors (Lipinski definition) is 0. The highest BCUT2D eigenvalue weighted by Crippen LogP contribution is 2.67. The average Bonchev–Trinajstić information content (AvgIpc) is 3.11. The highest BCUT2D eigenvalue weighted by molar-refractivity contribution is 6.37. The van der Waals surface area contributed by atoms with Crippen LogP contribution < -0.4 is 0 Å². The van der Waals surface area contributed by atoms with Crippen molar-refractivity contribution < 1.29 is 13.6 Å². The molecule has 1 aromatic carbocycles. The van der Waals surface area contributed by atoms with E-state index < -0.39 is 17.0 Å². The van der Waals surface area contributed by atoms with Crippen LogP contribution in [0.15, 0.2) is 34.5 Å². The first-order valence-corrected chi connectivity index (χ1v) is 10.8. The van der Waals surface area contributed by atoms with E-state index in [4.69, 9.17) is 0 Å². The summed E-state index contributed by atoms with van der Waals surface area (Å²) in [6, 6.07) is 5.55. The van der Waals surface area contributed by atoms with Crippen LogP contribution in [-0.4, -0.2) is 46.5 Å². The van der Waals surface area contributed by atoms with Crippen molar-refractivity contribution in [2.45, 2.75) is 51.9 Å². The highest BCUT2D eigenvalue weighted by Gasteiger charge is 2.64. The highest BCUT2D eigenvalue weighted by atomic mass is 19.1. The van der Waals surface area contributed by atoms with Crippen LogP contribution in [-0.2, 0) is 10.2 Å². The van der Waals surface area contributed by atoms with E-state index in [-0.39, 0.29) is 34.2 Å². The molecule has 1 amide bonds. The maximum Gasteiger partial charge on any atom is 0.269 e. The minimum atomic E-state index is -0.662. The van der Waals surface area contributed by atoms with Gasteiger partial charge in [0.1, 0.15) is 17.3 Å². The van der Waals surface area contributed by atoms with Crippen LogP contribution in [0.25, 0.3) is 11.3 Å². The van der Waals surface area contributed by atoms with Gasteiger partial charge < -0.3 is 4.90 Å². The van der Waals surface area contributed by atoms with E-state index in [9.17, 15) is 13.6 Å². The predicted molar refractivity (Wildman–Crippen MR) is 120 cm³/mol. The number of benzene rings is 1. The number of rotatable bonds is 6. The largest absolute Gasteiger partial charge is 0.337 e. The Hall–Kier alpha value is -3.03. The van der Waals surface area contributed by atoms with E-state index in [1.807, 2.05) is 6.92 Å². The summed E-state index contributed by atoms with van der Waals surface area (Å²) in [6.07, 6.45) is 1.78.